The average molecular weight is 446 g/mol. The van der Waals surface area contributed by atoms with Gasteiger partial charge in [0.1, 0.15) is 11.4 Å². The van der Waals surface area contributed by atoms with E-state index in [1.807, 2.05) is 0 Å². The Morgan fingerprint density at radius 3 is 2.84 bits per heavy atom. The predicted octanol–water partition coefficient (Wildman–Crippen LogP) is 2.62. The summed E-state index contributed by atoms with van der Waals surface area (Å²) >= 11 is 1.53. The number of anilines is 1. The minimum absolute atomic E-state index is 0.0700. The van der Waals surface area contributed by atoms with Crippen LogP contribution in [0.15, 0.2) is 29.3 Å². The summed E-state index contributed by atoms with van der Waals surface area (Å²) in [5, 5.41) is 5.35. The molecule has 7 nitrogen and oxygen atoms in total. The topological polar surface area (TPSA) is 93.1 Å². The largest absolute Gasteiger partial charge is 0.345 e. The van der Waals surface area contributed by atoms with Crippen molar-refractivity contribution in [2.45, 2.75) is 32.7 Å². The van der Waals surface area contributed by atoms with E-state index in [9.17, 15) is 23.2 Å². The first-order valence-corrected chi connectivity index (χ1v) is 10.6. The Hall–Kier alpha value is -3.14. The first kappa shape index (κ1) is 21.1. The monoisotopic (exact) mass is 446 g/mol. The zero-order valence-electron chi connectivity index (χ0n) is 16.7. The Morgan fingerprint density at radius 1 is 1.26 bits per heavy atom. The van der Waals surface area contributed by atoms with Crippen molar-refractivity contribution < 1.29 is 18.4 Å². The predicted molar refractivity (Wildman–Crippen MR) is 113 cm³/mol. The number of aromatic nitrogens is 2. The highest BCUT2D eigenvalue weighted by Gasteiger charge is 2.23. The second-order valence-corrected chi connectivity index (χ2v) is 8.75. The van der Waals surface area contributed by atoms with Crippen LogP contribution in [0.4, 0.5) is 14.5 Å². The van der Waals surface area contributed by atoms with Crippen molar-refractivity contribution in [2.75, 3.05) is 11.9 Å². The molecular formula is C21H20F2N4O3S. The van der Waals surface area contributed by atoms with Crippen molar-refractivity contribution in [1.29, 1.82) is 0 Å². The van der Waals surface area contributed by atoms with Gasteiger partial charge in [0.25, 0.3) is 5.56 Å². The van der Waals surface area contributed by atoms with Gasteiger partial charge in [-0.15, -0.1) is 11.3 Å². The highest BCUT2D eigenvalue weighted by Crippen LogP contribution is 2.35. The van der Waals surface area contributed by atoms with Gasteiger partial charge in [0.15, 0.2) is 11.6 Å². The number of thiophene rings is 1. The maximum absolute atomic E-state index is 13.2. The number of carbonyl (C=O) groups is 2. The SMILES string of the molecule is CC1CCc2c(sc3ncn(CC(=O)NCC(=O)Nc4ccc(F)c(F)c4)c(=O)c23)C1. The van der Waals surface area contributed by atoms with Crippen LogP contribution in [-0.2, 0) is 29.0 Å². The van der Waals surface area contributed by atoms with E-state index >= 15 is 0 Å². The number of fused-ring (bicyclic) bond motifs is 3. The van der Waals surface area contributed by atoms with Gasteiger partial charge in [0.2, 0.25) is 11.8 Å². The van der Waals surface area contributed by atoms with Crippen LogP contribution >= 0.6 is 11.3 Å². The summed E-state index contributed by atoms with van der Waals surface area (Å²) in [5.74, 6) is -2.69. The summed E-state index contributed by atoms with van der Waals surface area (Å²) in [6, 6.07) is 2.95. The lowest BCUT2D eigenvalue weighted by atomic mass is 9.89. The van der Waals surface area contributed by atoms with Crippen molar-refractivity contribution in [2.24, 2.45) is 5.92 Å². The number of carbonyl (C=O) groups excluding carboxylic acids is 2. The zero-order valence-corrected chi connectivity index (χ0v) is 17.5. The molecule has 1 aliphatic carbocycles. The molecule has 2 aromatic heterocycles. The summed E-state index contributed by atoms with van der Waals surface area (Å²) in [7, 11) is 0. The quantitative estimate of drug-likeness (QED) is 0.630. The molecule has 3 aromatic rings. The molecule has 1 aliphatic rings. The van der Waals surface area contributed by atoms with E-state index in [2.05, 4.69) is 22.5 Å². The van der Waals surface area contributed by atoms with Crippen LogP contribution in [-0.4, -0.2) is 27.9 Å². The normalized spacial score (nSPS) is 15.5. The van der Waals surface area contributed by atoms with E-state index in [4.69, 9.17) is 0 Å². The van der Waals surface area contributed by atoms with Crippen LogP contribution in [0.25, 0.3) is 10.2 Å². The van der Waals surface area contributed by atoms with Gasteiger partial charge < -0.3 is 10.6 Å². The second-order valence-electron chi connectivity index (χ2n) is 7.66. The van der Waals surface area contributed by atoms with E-state index in [0.717, 1.165) is 37.0 Å². The third-order valence-electron chi connectivity index (χ3n) is 5.25. The molecule has 2 N–H and O–H groups in total. The van der Waals surface area contributed by atoms with Gasteiger partial charge in [-0.3, -0.25) is 19.0 Å². The summed E-state index contributed by atoms with van der Waals surface area (Å²) < 4.78 is 27.4. The third kappa shape index (κ3) is 4.48. The zero-order chi connectivity index (χ0) is 22.1. The Morgan fingerprint density at radius 2 is 2.06 bits per heavy atom. The maximum Gasteiger partial charge on any atom is 0.262 e. The average Bonchev–Trinajstić information content (AvgIpc) is 3.09. The van der Waals surface area contributed by atoms with Gasteiger partial charge >= 0.3 is 0 Å². The lowest BCUT2D eigenvalue weighted by Crippen LogP contribution is -2.37. The molecule has 10 heteroatoms. The Labute approximate surface area is 180 Å². The number of aryl methyl sites for hydroxylation is 1. The molecule has 0 radical (unpaired) electrons. The molecule has 31 heavy (non-hydrogen) atoms. The van der Waals surface area contributed by atoms with Crippen molar-refractivity contribution >= 4 is 39.1 Å². The van der Waals surface area contributed by atoms with E-state index in [0.29, 0.717) is 16.1 Å². The van der Waals surface area contributed by atoms with Gasteiger partial charge in [-0.1, -0.05) is 6.92 Å². The Balaban J connectivity index is 1.40. The molecular weight excluding hydrogens is 426 g/mol. The molecule has 0 aliphatic heterocycles. The molecule has 0 fully saturated rings. The van der Waals surface area contributed by atoms with E-state index in [1.54, 1.807) is 0 Å². The first-order valence-electron chi connectivity index (χ1n) is 9.83. The number of nitrogens with one attached hydrogen (secondary N) is 2. The van der Waals surface area contributed by atoms with E-state index < -0.39 is 23.4 Å². The molecule has 4 rings (SSSR count). The molecule has 2 amide bonds. The van der Waals surface area contributed by atoms with Crippen molar-refractivity contribution in [1.82, 2.24) is 14.9 Å². The van der Waals surface area contributed by atoms with Gasteiger partial charge in [0.05, 0.1) is 18.3 Å². The van der Waals surface area contributed by atoms with Crippen LogP contribution in [0.5, 0.6) is 0 Å². The van der Waals surface area contributed by atoms with Crippen molar-refractivity contribution in [3.63, 3.8) is 0 Å². The molecule has 0 spiro atoms. The van der Waals surface area contributed by atoms with Crippen LogP contribution in [0.3, 0.4) is 0 Å². The number of nitrogens with zero attached hydrogens (tertiary/aromatic N) is 2. The van der Waals surface area contributed by atoms with Crippen LogP contribution in [0, 0.1) is 17.6 Å². The Bertz CT molecular complexity index is 1240. The minimum atomic E-state index is -1.09. The number of halogens is 2. The van der Waals surface area contributed by atoms with Crippen LogP contribution < -0.4 is 16.2 Å². The standard InChI is InChI=1S/C21H20F2N4O3S/c1-11-2-4-13-16(6-11)31-20-19(13)21(30)27(10-25-20)9-18(29)24-8-17(28)26-12-3-5-14(22)15(23)7-12/h3,5,7,10-11H,2,4,6,8-9H2,1H3,(H,24,29)(H,26,28). The fourth-order valence-electron chi connectivity index (χ4n) is 3.65. The molecule has 1 aromatic carbocycles. The lowest BCUT2D eigenvalue weighted by Gasteiger charge is -2.17. The number of hydrogen-bond acceptors (Lipinski definition) is 5. The van der Waals surface area contributed by atoms with Crippen LogP contribution in [0.1, 0.15) is 23.8 Å². The molecule has 2 heterocycles. The Kier molecular flexibility index (Phi) is 5.81. The summed E-state index contributed by atoms with van der Waals surface area (Å²) in [4.78, 5) is 43.3. The number of hydrogen-bond donors (Lipinski definition) is 2. The molecule has 0 saturated heterocycles. The molecule has 162 valence electrons. The molecule has 0 saturated carbocycles. The molecule has 0 bridgehead atoms. The van der Waals surface area contributed by atoms with Crippen molar-refractivity contribution in [3.05, 3.63) is 57.0 Å². The number of rotatable bonds is 5. The highest BCUT2D eigenvalue weighted by molar-refractivity contribution is 7.18. The van der Waals surface area contributed by atoms with Crippen molar-refractivity contribution in [3.8, 4) is 0 Å². The van der Waals surface area contributed by atoms with Crippen LogP contribution in [0.2, 0.25) is 0 Å². The molecule has 1 unspecified atom stereocenters. The first-order chi connectivity index (χ1) is 14.8. The number of amides is 2. The molecule has 1 atom stereocenters. The second kappa shape index (κ2) is 8.54. The van der Waals surface area contributed by atoms with Gasteiger partial charge in [0, 0.05) is 16.6 Å². The minimum Gasteiger partial charge on any atom is -0.345 e. The third-order valence-corrected chi connectivity index (χ3v) is 6.41. The fourth-order valence-corrected chi connectivity index (χ4v) is 4.99. The van der Waals surface area contributed by atoms with E-state index in [-0.39, 0.29) is 24.3 Å². The van der Waals surface area contributed by atoms with Gasteiger partial charge in [-0.2, -0.15) is 0 Å². The van der Waals surface area contributed by atoms with Gasteiger partial charge in [-0.05, 0) is 42.9 Å². The number of benzene rings is 1. The summed E-state index contributed by atoms with van der Waals surface area (Å²) in [5.41, 5.74) is 0.843. The van der Waals surface area contributed by atoms with E-state index in [1.165, 1.54) is 33.2 Å². The maximum atomic E-state index is 13.2. The van der Waals surface area contributed by atoms with Gasteiger partial charge in [-0.25, -0.2) is 13.8 Å². The smallest absolute Gasteiger partial charge is 0.262 e. The fraction of sp³-hybridized carbons (Fsp3) is 0.333. The summed E-state index contributed by atoms with van der Waals surface area (Å²) in [6.45, 7) is 1.53. The highest BCUT2D eigenvalue weighted by atomic mass is 32.1. The lowest BCUT2D eigenvalue weighted by molar-refractivity contribution is -0.124. The summed E-state index contributed by atoms with van der Waals surface area (Å²) in [6.07, 6.45) is 4.12.